The summed E-state index contributed by atoms with van der Waals surface area (Å²) in [6.45, 7) is 8.20. The number of rotatable bonds is 5. The first-order chi connectivity index (χ1) is 8.10. The summed E-state index contributed by atoms with van der Waals surface area (Å²) in [6, 6.07) is 5.23. The number of carbonyl (C=O) groups excluding carboxylic acids is 1. The summed E-state index contributed by atoms with van der Waals surface area (Å²) < 4.78 is 0.826. The van der Waals surface area contributed by atoms with Crippen molar-refractivity contribution in [3.8, 4) is 0 Å². The van der Waals surface area contributed by atoms with Gasteiger partial charge in [-0.25, -0.2) is 0 Å². The van der Waals surface area contributed by atoms with Crippen molar-refractivity contribution < 1.29 is 4.79 Å². The number of amides is 1. The Bertz CT molecular complexity index is 433. The van der Waals surface area contributed by atoms with Crippen LogP contribution in [0.4, 0.5) is 5.69 Å². The maximum Gasteiger partial charge on any atom is 0.256 e. The SMILES string of the molecule is C=CCN(CC=C)C(=O)c1cc(Br)ccc1N. The van der Waals surface area contributed by atoms with Gasteiger partial charge in [-0.3, -0.25) is 4.79 Å². The molecule has 0 aliphatic carbocycles. The van der Waals surface area contributed by atoms with Gasteiger partial charge in [-0.1, -0.05) is 28.1 Å². The quantitative estimate of drug-likeness (QED) is 0.670. The van der Waals surface area contributed by atoms with Crippen molar-refractivity contribution in [1.82, 2.24) is 4.90 Å². The van der Waals surface area contributed by atoms with E-state index in [-0.39, 0.29) is 5.91 Å². The molecule has 2 N–H and O–H groups in total. The van der Waals surface area contributed by atoms with E-state index in [4.69, 9.17) is 5.73 Å². The third kappa shape index (κ3) is 3.46. The highest BCUT2D eigenvalue weighted by atomic mass is 79.9. The molecule has 17 heavy (non-hydrogen) atoms. The summed E-state index contributed by atoms with van der Waals surface area (Å²) >= 11 is 3.33. The third-order valence-corrected chi connectivity index (χ3v) is 2.73. The Morgan fingerprint density at radius 2 is 1.94 bits per heavy atom. The Balaban J connectivity index is 3.03. The predicted octanol–water partition coefficient (Wildman–Crippen LogP) is 2.85. The van der Waals surface area contributed by atoms with Crippen molar-refractivity contribution in [2.75, 3.05) is 18.8 Å². The molecule has 3 nitrogen and oxygen atoms in total. The molecular formula is C13H15BrN2O. The van der Waals surface area contributed by atoms with Crippen LogP contribution in [0.1, 0.15) is 10.4 Å². The molecule has 0 radical (unpaired) electrons. The van der Waals surface area contributed by atoms with Crippen LogP contribution in [0.25, 0.3) is 0 Å². The molecule has 0 aliphatic rings. The first-order valence-corrected chi connectivity index (χ1v) is 5.95. The number of hydrogen-bond donors (Lipinski definition) is 1. The molecule has 0 unspecified atom stereocenters. The van der Waals surface area contributed by atoms with Gasteiger partial charge in [0, 0.05) is 23.2 Å². The van der Waals surface area contributed by atoms with Gasteiger partial charge in [0.05, 0.1) is 5.56 Å². The highest BCUT2D eigenvalue weighted by molar-refractivity contribution is 9.10. The van der Waals surface area contributed by atoms with Crippen LogP contribution in [0.5, 0.6) is 0 Å². The lowest BCUT2D eigenvalue weighted by molar-refractivity contribution is 0.0792. The Kier molecular flexibility index (Phi) is 4.97. The van der Waals surface area contributed by atoms with Crippen molar-refractivity contribution in [3.63, 3.8) is 0 Å². The number of carbonyl (C=O) groups is 1. The summed E-state index contributed by atoms with van der Waals surface area (Å²) in [5, 5.41) is 0. The normalized spacial score (nSPS) is 9.71. The smallest absolute Gasteiger partial charge is 0.256 e. The van der Waals surface area contributed by atoms with Gasteiger partial charge in [-0.05, 0) is 18.2 Å². The van der Waals surface area contributed by atoms with Gasteiger partial charge in [-0.15, -0.1) is 13.2 Å². The molecule has 0 aliphatic heterocycles. The lowest BCUT2D eigenvalue weighted by atomic mass is 10.1. The standard InChI is InChI=1S/C13H15BrN2O/c1-3-7-16(8-4-2)13(17)11-9-10(14)5-6-12(11)15/h3-6,9H,1-2,7-8,15H2. The van der Waals surface area contributed by atoms with Crippen LogP contribution < -0.4 is 5.73 Å². The largest absolute Gasteiger partial charge is 0.398 e. The summed E-state index contributed by atoms with van der Waals surface area (Å²) in [5.41, 5.74) is 6.76. The predicted molar refractivity (Wildman–Crippen MR) is 74.9 cm³/mol. The second-order valence-corrected chi connectivity index (χ2v) is 4.43. The minimum absolute atomic E-state index is 0.122. The average Bonchev–Trinajstić information content (AvgIpc) is 2.31. The van der Waals surface area contributed by atoms with E-state index in [9.17, 15) is 4.79 Å². The van der Waals surface area contributed by atoms with Crippen LogP contribution in [0.2, 0.25) is 0 Å². The Morgan fingerprint density at radius 3 is 2.47 bits per heavy atom. The van der Waals surface area contributed by atoms with Crippen molar-refractivity contribution in [1.29, 1.82) is 0 Å². The Hall–Kier alpha value is -1.55. The van der Waals surface area contributed by atoms with Gasteiger partial charge in [0.25, 0.3) is 5.91 Å². The molecule has 0 bridgehead atoms. The zero-order valence-electron chi connectivity index (χ0n) is 9.53. The molecule has 1 aromatic rings. The number of nitrogens with zero attached hydrogens (tertiary/aromatic N) is 1. The maximum atomic E-state index is 12.2. The van der Waals surface area contributed by atoms with Gasteiger partial charge in [0.2, 0.25) is 0 Å². The second-order valence-electron chi connectivity index (χ2n) is 3.52. The first kappa shape index (κ1) is 13.5. The fourth-order valence-corrected chi connectivity index (χ4v) is 1.80. The third-order valence-electron chi connectivity index (χ3n) is 2.23. The molecule has 0 saturated carbocycles. The Morgan fingerprint density at radius 1 is 1.35 bits per heavy atom. The fraction of sp³-hybridized carbons (Fsp3) is 0.154. The number of nitrogens with two attached hydrogens (primary N) is 1. The van der Waals surface area contributed by atoms with Crippen LogP contribution in [-0.2, 0) is 0 Å². The minimum Gasteiger partial charge on any atom is -0.398 e. The number of anilines is 1. The zero-order chi connectivity index (χ0) is 12.8. The highest BCUT2D eigenvalue weighted by Gasteiger charge is 2.16. The molecule has 0 heterocycles. The second kappa shape index (κ2) is 6.25. The van der Waals surface area contributed by atoms with Crippen LogP contribution in [0.3, 0.4) is 0 Å². The van der Waals surface area contributed by atoms with E-state index in [1.165, 1.54) is 0 Å². The van der Waals surface area contributed by atoms with E-state index in [0.717, 1.165) is 4.47 Å². The molecule has 90 valence electrons. The topological polar surface area (TPSA) is 46.3 Å². The van der Waals surface area contributed by atoms with E-state index in [1.54, 1.807) is 35.3 Å². The van der Waals surface area contributed by atoms with Crippen LogP contribution >= 0.6 is 15.9 Å². The maximum absolute atomic E-state index is 12.2. The summed E-state index contributed by atoms with van der Waals surface area (Å²) in [4.78, 5) is 13.9. The summed E-state index contributed by atoms with van der Waals surface area (Å²) in [6.07, 6.45) is 3.35. The van der Waals surface area contributed by atoms with Gasteiger partial charge < -0.3 is 10.6 Å². The Labute approximate surface area is 110 Å². The van der Waals surface area contributed by atoms with Crippen molar-refractivity contribution >= 4 is 27.5 Å². The number of nitrogen functional groups attached to an aromatic ring is 1. The van der Waals surface area contributed by atoms with E-state index in [1.807, 2.05) is 0 Å². The highest BCUT2D eigenvalue weighted by Crippen LogP contribution is 2.20. The van der Waals surface area contributed by atoms with Gasteiger partial charge >= 0.3 is 0 Å². The van der Waals surface area contributed by atoms with E-state index in [2.05, 4.69) is 29.1 Å². The molecule has 0 atom stereocenters. The minimum atomic E-state index is -0.122. The average molecular weight is 295 g/mol. The zero-order valence-corrected chi connectivity index (χ0v) is 11.1. The monoisotopic (exact) mass is 294 g/mol. The summed E-state index contributed by atoms with van der Waals surface area (Å²) in [5.74, 6) is -0.122. The molecule has 1 aromatic carbocycles. The molecular weight excluding hydrogens is 280 g/mol. The molecule has 1 amide bonds. The van der Waals surface area contributed by atoms with Crippen molar-refractivity contribution in [3.05, 3.63) is 53.5 Å². The van der Waals surface area contributed by atoms with Gasteiger partial charge in [0.1, 0.15) is 0 Å². The first-order valence-electron chi connectivity index (χ1n) is 5.16. The lowest BCUT2D eigenvalue weighted by Gasteiger charge is -2.20. The van der Waals surface area contributed by atoms with Crippen LogP contribution in [0, 0.1) is 0 Å². The molecule has 0 saturated heterocycles. The van der Waals surface area contributed by atoms with E-state index in [0.29, 0.717) is 24.3 Å². The molecule has 0 aromatic heterocycles. The van der Waals surface area contributed by atoms with Gasteiger partial charge in [-0.2, -0.15) is 0 Å². The molecule has 0 spiro atoms. The fourth-order valence-electron chi connectivity index (χ4n) is 1.44. The van der Waals surface area contributed by atoms with Gasteiger partial charge in [0.15, 0.2) is 0 Å². The van der Waals surface area contributed by atoms with Crippen molar-refractivity contribution in [2.45, 2.75) is 0 Å². The van der Waals surface area contributed by atoms with Crippen molar-refractivity contribution in [2.24, 2.45) is 0 Å². The van der Waals surface area contributed by atoms with E-state index >= 15 is 0 Å². The molecule has 1 rings (SSSR count). The molecule has 4 heteroatoms. The van der Waals surface area contributed by atoms with Crippen LogP contribution in [0.15, 0.2) is 48.0 Å². The summed E-state index contributed by atoms with van der Waals surface area (Å²) in [7, 11) is 0. The van der Waals surface area contributed by atoms with E-state index < -0.39 is 0 Å². The lowest BCUT2D eigenvalue weighted by Crippen LogP contribution is -2.31. The number of benzene rings is 1. The number of hydrogen-bond acceptors (Lipinski definition) is 2. The van der Waals surface area contributed by atoms with Crippen LogP contribution in [-0.4, -0.2) is 23.9 Å². The molecule has 0 fully saturated rings. The number of halogens is 1.